The zero-order valence-corrected chi connectivity index (χ0v) is 14.4. The maximum Gasteiger partial charge on any atom is 0.299 e. The normalized spacial score (nSPS) is 11.2. The van der Waals surface area contributed by atoms with E-state index in [1.54, 1.807) is 0 Å². The molecular formula is C13H19N3O8S. The second kappa shape index (κ2) is 9.86. The van der Waals surface area contributed by atoms with Gasteiger partial charge in [-0.3, -0.25) is 24.4 Å². The van der Waals surface area contributed by atoms with Crippen molar-refractivity contribution in [2.45, 2.75) is 12.8 Å². The summed E-state index contributed by atoms with van der Waals surface area (Å²) >= 11 is 0. The van der Waals surface area contributed by atoms with Crippen LogP contribution in [0.15, 0.2) is 18.2 Å². The van der Waals surface area contributed by atoms with E-state index in [0.29, 0.717) is 26.0 Å². The van der Waals surface area contributed by atoms with Crippen molar-refractivity contribution in [3.05, 3.63) is 38.4 Å². The molecule has 0 fully saturated rings. The highest BCUT2D eigenvalue weighted by molar-refractivity contribution is 7.85. The molecule has 140 valence electrons. The molecule has 0 aliphatic carbocycles. The molecule has 0 saturated heterocycles. The molecule has 11 nitrogen and oxygen atoms in total. The Morgan fingerprint density at radius 3 is 2.40 bits per heavy atom. The maximum absolute atomic E-state index is 11.0. The fourth-order valence-corrected chi connectivity index (χ4v) is 2.20. The first kappa shape index (κ1) is 20.7. The van der Waals surface area contributed by atoms with Crippen molar-refractivity contribution < 1.29 is 27.2 Å². The molecule has 1 N–H and O–H groups in total. The molecule has 0 spiro atoms. The number of nitro groups is 2. The van der Waals surface area contributed by atoms with E-state index in [4.69, 9.17) is 4.74 Å². The van der Waals surface area contributed by atoms with Crippen LogP contribution in [0.25, 0.3) is 0 Å². The van der Waals surface area contributed by atoms with E-state index in [1.165, 1.54) is 12.1 Å². The van der Waals surface area contributed by atoms with Crippen molar-refractivity contribution in [2.75, 3.05) is 37.9 Å². The summed E-state index contributed by atoms with van der Waals surface area (Å²) in [7, 11) is -3.46. The quantitative estimate of drug-likeness (QED) is 0.248. The first-order chi connectivity index (χ1) is 11.7. The summed E-state index contributed by atoms with van der Waals surface area (Å²) < 4.78 is 31.1. The van der Waals surface area contributed by atoms with Gasteiger partial charge in [-0.05, 0) is 18.9 Å². The third kappa shape index (κ3) is 8.37. The van der Waals surface area contributed by atoms with Gasteiger partial charge in [0.15, 0.2) is 0 Å². The van der Waals surface area contributed by atoms with E-state index in [0.717, 1.165) is 12.3 Å². The van der Waals surface area contributed by atoms with E-state index in [1.807, 2.05) is 0 Å². The third-order valence-corrected chi connectivity index (χ3v) is 3.54. The van der Waals surface area contributed by atoms with Gasteiger partial charge in [-0.2, -0.15) is 8.42 Å². The number of hydrogen-bond acceptors (Lipinski definition) is 9. The van der Waals surface area contributed by atoms with Crippen LogP contribution < -0.4 is 5.32 Å². The van der Waals surface area contributed by atoms with Crippen LogP contribution in [0.3, 0.4) is 0 Å². The molecule has 0 aliphatic heterocycles. The Hall–Kier alpha value is -2.31. The molecule has 0 unspecified atom stereocenters. The van der Waals surface area contributed by atoms with Crippen LogP contribution in [0, 0.1) is 20.2 Å². The number of non-ortho nitro benzene ring substituents is 1. The average molecular weight is 377 g/mol. The standard InChI is InChI=1S/C13H19N3O8S/c1-25(21,22)24-9-8-23-7-3-2-6-14-12-5-4-11(15(17)18)10-13(12)16(19)20/h4-5,10,14H,2-3,6-9H2,1H3. The first-order valence-corrected chi connectivity index (χ1v) is 9.11. The molecule has 1 rings (SSSR count). The molecule has 0 heterocycles. The summed E-state index contributed by atoms with van der Waals surface area (Å²) in [5.74, 6) is 0. The van der Waals surface area contributed by atoms with Gasteiger partial charge in [-0.25, -0.2) is 0 Å². The lowest BCUT2D eigenvalue weighted by Crippen LogP contribution is -2.10. The summed E-state index contributed by atoms with van der Waals surface area (Å²) in [5, 5.41) is 24.5. The Labute approximate surface area is 144 Å². The van der Waals surface area contributed by atoms with Crippen molar-refractivity contribution in [1.29, 1.82) is 0 Å². The molecule has 25 heavy (non-hydrogen) atoms. The Bertz CT molecular complexity index is 707. The van der Waals surface area contributed by atoms with Gasteiger partial charge in [0.2, 0.25) is 0 Å². The van der Waals surface area contributed by atoms with E-state index in [9.17, 15) is 28.6 Å². The van der Waals surface area contributed by atoms with Gasteiger partial charge in [0.05, 0.1) is 35.4 Å². The largest absolute Gasteiger partial charge is 0.379 e. The van der Waals surface area contributed by atoms with Crippen LogP contribution in [0.4, 0.5) is 17.1 Å². The number of benzene rings is 1. The number of hydrogen-bond donors (Lipinski definition) is 1. The monoisotopic (exact) mass is 377 g/mol. The summed E-state index contributed by atoms with van der Waals surface area (Å²) in [4.78, 5) is 20.3. The molecule has 12 heteroatoms. The van der Waals surface area contributed by atoms with Gasteiger partial charge in [0.1, 0.15) is 5.69 Å². The van der Waals surface area contributed by atoms with Crippen molar-refractivity contribution >= 4 is 27.2 Å². The summed E-state index contributed by atoms with van der Waals surface area (Å²) in [6.07, 6.45) is 2.24. The smallest absolute Gasteiger partial charge is 0.299 e. The van der Waals surface area contributed by atoms with Gasteiger partial charge < -0.3 is 10.1 Å². The molecule has 0 aliphatic rings. The van der Waals surface area contributed by atoms with Crippen molar-refractivity contribution in [3.63, 3.8) is 0 Å². The number of nitrogens with one attached hydrogen (secondary N) is 1. The zero-order valence-electron chi connectivity index (χ0n) is 13.5. The highest BCUT2D eigenvalue weighted by Gasteiger charge is 2.18. The second-order valence-corrected chi connectivity index (χ2v) is 6.63. The first-order valence-electron chi connectivity index (χ1n) is 7.29. The zero-order chi connectivity index (χ0) is 18.9. The number of ether oxygens (including phenoxy) is 1. The van der Waals surface area contributed by atoms with Gasteiger partial charge in [-0.1, -0.05) is 0 Å². The minimum Gasteiger partial charge on any atom is -0.379 e. The van der Waals surface area contributed by atoms with E-state index < -0.39 is 20.0 Å². The summed E-state index contributed by atoms with van der Waals surface area (Å²) in [6.45, 7) is 0.902. The number of anilines is 1. The molecule has 0 amide bonds. The van der Waals surface area contributed by atoms with Crippen LogP contribution in [0.2, 0.25) is 0 Å². The molecule has 0 saturated carbocycles. The van der Waals surface area contributed by atoms with Gasteiger partial charge in [0, 0.05) is 19.2 Å². The third-order valence-electron chi connectivity index (χ3n) is 2.94. The van der Waals surface area contributed by atoms with Crippen LogP contribution >= 0.6 is 0 Å². The number of nitrogens with zero attached hydrogens (tertiary/aromatic N) is 2. The molecule has 1 aromatic rings. The summed E-state index contributed by atoms with van der Waals surface area (Å²) in [5.41, 5.74) is -0.497. The van der Waals surface area contributed by atoms with Crippen LogP contribution in [-0.4, -0.2) is 50.9 Å². The average Bonchev–Trinajstić information content (AvgIpc) is 2.52. The molecule has 0 aromatic heterocycles. The lowest BCUT2D eigenvalue weighted by Gasteiger charge is -2.07. The van der Waals surface area contributed by atoms with Crippen molar-refractivity contribution in [2.24, 2.45) is 0 Å². The predicted molar refractivity (Wildman–Crippen MR) is 89.1 cm³/mol. The molecule has 0 bridgehead atoms. The maximum atomic E-state index is 11.0. The van der Waals surface area contributed by atoms with Gasteiger partial charge >= 0.3 is 0 Å². The topological polar surface area (TPSA) is 151 Å². The van der Waals surface area contributed by atoms with Gasteiger partial charge in [0.25, 0.3) is 21.5 Å². The minimum atomic E-state index is -3.46. The van der Waals surface area contributed by atoms with E-state index in [-0.39, 0.29) is 30.3 Å². The van der Waals surface area contributed by atoms with Crippen LogP contribution in [-0.2, 0) is 19.0 Å². The lowest BCUT2D eigenvalue weighted by molar-refractivity contribution is -0.393. The Kier molecular flexibility index (Phi) is 8.18. The van der Waals surface area contributed by atoms with Gasteiger partial charge in [-0.15, -0.1) is 0 Å². The Morgan fingerprint density at radius 1 is 1.08 bits per heavy atom. The molecule has 0 radical (unpaired) electrons. The number of rotatable bonds is 12. The predicted octanol–water partition coefficient (Wildman–Crippen LogP) is 1.69. The van der Waals surface area contributed by atoms with E-state index in [2.05, 4.69) is 9.50 Å². The highest BCUT2D eigenvalue weighted by Crippen LogP contribution is 2.28. The van der Waals surface area contributed by atoms with Crippen molar-refractivity contribution in [1.82, 2.24) is 0 Å². The van der Waals surface area contributed by atoms with Crippen molar-refractivity contribution in [3.8, 4) is 0 Å². The molecular weight excluding hydrogens is 358 g/mol. The summed E-state index contributed by atoms with van der Waals surface area (Å²) in [6, 6.07) is 3.41. The molecule has 1 aromatic carbocycles. The molecule has 0 atom stereocenters. The SMILES string of the molecule is CS(=O)(=O)OCCOCCCCNc1ccc([N+](=O)[O-])cc1[N+](=O)[O-]. The minimum absolute atomic E-state index is 0.0495. The van der Waals surface area contributed by atoms with Crippen LogP contribution in [0.1, 0.15) is 12.8 Å². The Morgan fingerprint density at radius 2 is 1.80 bits per heavy atom. The van der Waals surface area contributed by atoms with Crippen LogP contribution in [0.5, 0.6) is 0 Å². The fraction of sp³-hybridized carbons (Fsp3) is 0.538. The second-order valence-electron chi connectivity index (χ2n) is 4.99. The fourth-order valence-electron chi connectivity index (χ4n) is 1.83. The number of nitro benzene ring substituents is 2. The Balaban J connectivity index is 2.30. The highest BCUT2D eigenvalue weighted by atomic mass is 32.2. The number of unbranched alkanes of at least 4 members (excludes halogenated alkanes) is 1. The van der Waals surface area contributed by atoms with E-state index >= 15 is 0 Å². The lowest BCUT2D eigenvalue weighted by atomic mass is 10.2.